The predicted molar refractivity (Wildman–Crippen MR) is 140 cm³/mol. The van der Waals surface area contributed by atoms with Crippen LogP contribution >= 0.6 is 0 Å². The third kappa shape index (κ3) is 4.36. The number of anilines is 3. The molecule has 1 aromatic carbocycles. The van der Waals surface area contributed by atoms with E-state index in [1.807, 2.05) is 6.92 Å². The zero-order chi connectivity index (χ0) is 25.6. The van der Waals surface area contributed by atoms with Gasteiger partial charge in [0.15, 0.2) is 0 Å². The number of aromatic nitrogens is 1. The first-order valence-electron chi connectivity index (χ1n) is 12.3. The Labute approximate surface area is 211 Å². The molecule has 1 N–H and O–H groups in total. The quantitative estimate of drug-likeness (QED) is 0.672. The highest BCUT2D eigenvalue weighted by Gasteiger charge is 2.33. The summed E-state index contributed by atoms with van der Waals surface area (Å²) in [7, 11) is -3.38. The molecule has 3 saturated heterocycles. The molecule has 0 saturated carbocycles. The smallest absolute Gasteiger partial charge is 0.322 e. The molecule has 0 unspecified atom stereocenters. The molecule has 4 heterocycles. The summed E-state index contributed by atoms with van der Waals surface area (Å²) >= 11 is 0. The van der Waals surface area contributed by atoms with Gasteiger partial charge in [-0.05, 0) is 56.5 Å². The summed E-state index contributed by atoms with van der Waals surface area (Å²) in [5.74, 6) is 0.896. The van der Waals surface area contributed by atoms with Crippen LogP contribution in [0.3, 0.4) is 0 Å². The molecule has 11 heteroatoms. The number of hydrogen-bond acceptors (Lipinski definition) is 6. The summed E-state index contributed by atoms with van der Waals surface area (Å²) in [6, 6.07) is 6.86. The normalized spacial score (nSPS) is 19.7. The molecule has 10 nitrogen and oxygen atoms in total. The molecule has 0 bridgehead atoms. The van der Waals surface area contributed by atoms with Crippen LogP contribution in [0.25, 0.3) is 0 Å². The molecular weight excluding hydrogens is 480 g/mol. The van der Waals surface area contributed by atoms with Crippen LogP contribution in [0.2, 0.25) is 0 Å². The van der Waals surface area contributed by atoms with Crippen molar-refractivity contribution in [2.24, 2.45) is 0 Å². The second-order valence-electron chi connectivity index (χ2n) is 9.64. The number of pyridine rings is 1. The van der Waals surface area contributed by atoms with Gasteiger partial charge in [0.05, 0.1) is 22.7 Å². The molecule has 192 valence electrons. The average molecular weight is 513 g/mol. The molecule has 2 aromatic rings. The van der Waals surface area contributed by atoms with E-state index in [4.69, 9.17) is 4.98 Å². The maximum absolute atomic E-state index is 13.7. The van der Waals surface area contributed by atoms with E-state index in [0.717, 1.165) is 22.6 Å². The minimum atomic E-state index is -3.38. The number of nitrogens with zero attached hydrogens (tertiary/aromatic N) is 5. The van der Waals surface area contributed by atoms with Crippen LogP contribution in [0, 0.1) is 20.8 Å². The molecular formula is C25H32N6O4S. The SMILES string of the molecule is Cc1cc(C)c(N2CCN(C(=O)c3ccc(N4CCCS4(=O)=O)cc3N3CCNC3=O)CC2)nc1C. The van der Waals surface area contributed by atoms with Gasteiger partial charge < -0.3 is 15.1 Å². The first-order valence-corrected chi connectivity index (χ1v) is 14.0. The van der Waals surface area contributed by atoms with Gasteiger partial charge in [0, 0.05) is 51.5 Å². The first-order chi connectivity index (χ1) is 17.2. The summed E-state index contributed by atoms with van der Waals surface area (Å²) in [6.07, 6.45) is 0.557. The van der Waals surface area contributed by atoms with Crippen molar-refractivity contribution < 1.29 is 18.0 Å². The van der Waals surface area contributed by atoms with Crippen LogP contribution in [-0.4, -0.2) is 81.8 Å². The number of sulfonamides is 1. The standard InChI is InChI=1S/C25H32N6O4S/c1-17-15-18(2)23(27-19(17)3)28-10-12-29(13-11-28)24(32)21-6-5-20(31-8-4-14-36(31,34)35)16-22(21)30-9-7-26-25(30)33/h5-6,15-16H,4,7-14H2,1-3H3,(H,26,33). The Morgan fingerprint density at radius 3 is 2.36 bits per heavy atom. The van der Waals surface area contributed by atoms with E-state index in [2.05, 4.69) is 30.1 Å². The number of nitrogens with one attached hydrogen (secondary N) is 1. The fraction of sp³-hybridized carbons (Fsp3) is 0.480. The van der Waals surface area contributed by atoms with Crippen LogP contribution < -0.4 is 19.4 Å². The van der Waals surface area contributed by atoms with E-state index >= 15 is 0 Å². The molecule has 5 rings (SSSR count). The van der Waals surface area contributed by atoms with Crippen molar-refractivity contribution in [1.29, 1.82) is 0 Å². The highest BCUT2D eigenvalue weighted by atomic mass is 32.2. The molecule has 3 aliphatic heterocycles. The average Bonchev–Trinajstić information content (AvgIpc) is 3.45. The van der Waals surface area contributed by atoms with E-state index in [1.54, 1.807) is 23.1 Å². The highest BCUT2D eigenvalue weighted by Crippen LogP contribution is 2.33. The highest BCUT2D eigenvalue weighted by molar-refractivity contribution is 7.93. The lowest BCUT2D eigenvalue weighted by Gasteiger charge is -2.37. The van der Waals surface area contributed by atoms with E-state index in [-0.39, 0.29) is 17.7 Å². The molecule has 0 aliphatic carbocycles. The van der Waals surface area contributed by atoms with Gasteiger partial charge in [-0.15, -0.1) is 0 Å². The Morgan fingerprint density at radius 1 is 0.972 bits per heavy atom. The van der Waals surface area contributed by atoms with E-state index in [0.29, 0.717) is 69.2 Å². The summed E-state index contributed by atoms with van der Waals surface area (Å²) in [5, 5.41) is 2.77. The lowest BCUT2D eigenvalue weighted by Crippen LogP contribution is -2.49. The Hall–Kier alpha value is -3.34. The van der Waals surface area contributed by atoms with Gasteiger partial charge in [-0.25, -0.2) is 18.2 Å². The number of urea groups is 1. The van der Waals surface area contributed by atoms with Crippen LogP contribution in [0.4, 0.5) is 22.0 Å². The summed E-state index contributed by atoms with van der Waals surface area (Å²) in [4.78, 5) is 36.5. The van der Waals surface area contributed by atoms with Gasteiger partial charge >= 0.3 is 6.03 Å². The number of hydrogen-bond donors (Lipinski definition) is 1. The monoisotopic (exact) mass is 512 g/mol. The number of benzene rings is 1. The Balaban J connectivity index is 1.40. The molecule has 3 fully saturated rings. The minimum absolute atomic E-state index is 0.104. The van der Waals surface area contributed by atoms with Crippen molar-refractivity contribution in [1.82, 2.24) is 15.2 Å². The zero-order valence-corrected chi connectivity index (χ0v) is 21.8. The lowest BCUT2D eigenvalue weighted by atomic mass is 10.1. The molecule has 36 heavy (non-hydrogen) atoms. The maximum atomic E-state index is 13.7. The zero-order valence-electron chi connectivity index (χ0n) is 21.0. The van der Waals surface area contributed by atoms with E-state index < -0.39 is 10.0 Å². The van der Waals surface area contributed by atoms with Crippen LogP contribution in [0.5, 0.6) is 0 Å². The first kappa shape index (κ1) is 24.4. The number of amides is 3. The second kappa shape index (κ2) is 9.27. The largest absolute Gasteiger partial charge is 0.353 e. The molecule has 3 amide bonds. The molecule has 3 aliphatic rings. The van der Waals surface area contributed by atoms with Gasteiger partial charge in [0.1, 0.15) is 5.82 Å². The summed E-state index contributed by atoms with van der Waals surface area (Å²) in [5.41, 5.74) is 4.62. The van der Waals surface area contributed by atoms with Crippen LogP contribution in [-0.2, 0) is 10.0 Å². The molecule has 0 atom stereocenters. The predicted octanol–water partition coefficient (Wildman–Crippen LogP) is 2.04. The van der Waals surface area contributed by atoms with Gasteiger partial charge in [0.25, 0.3) is 5.91 Å². The minimum Gasteiger partial charge on any atom is -0.353 e. The van der Waals surface area contributed by atoms with Crippen molar-refractivity contribution in [3.63, 3.8) is 0 Å². The lowest BCUT2D eigenvalue weighted by molar-refractivity contribution is 0.0747. The fourth-order valence-electron chi connectivity index (χ4n) is 5.15. The van der Waals surface area contributed by atoms with Crippen molar-refractivity contribution in [2.75, 3.05) is 65.7 Å². The van der Waals surface area contributed by atoms with Crippen molar-refractivity contribution >= 4 is 39.2 Å². The Morgan fingerprint density at radius 2 is 1.72 bits per heavy atom. The van der Waals surface area contributed by atoms with Crippen LogP contribution in [0.15, 0.2) is 24.3 Å². The number of rotatable bonds is 4. The van der Waals surface area contributed by atoms with Crippen molar-refractivity contribution in [2.45, 2.75) is 27.2 Å². The maximum Gasteiger partial charge on any atom is 0.322 e. The van der Waals surface area contributed by atoms with Gasteiger partial charge in [-0.2, -0.15) is 0 Å². The summed E-state index contributed by atoms with van der Waals surface area (Å²) in [6.45, 7) is 9.78. The Kier molecular flexibility index (Phi) is 6.27. The third-order valence-corrected chi connectivity index (χ3v) is 9.11. The Bertz CT molecular complexity index is 1320. The number of carbonyl (C=O) groups is 2. The van der Waals surface area contributed by atoms with Crippen molar-refractivity contribution in [3.05, 3.63) is 46.6 Å². The number of piperazine rings is 1. The van der Waals surface area contributed by atoms with E-state index in [1.165, 1.54) is 9.21 Å². The van der Waals surface area contributed by atoms with E-state index in [9.17, 15) is 18.0 Å². The molecule has 1 aromatic heterocycles. The number of carbonyl (C=O) groups excluding carboxylic acids is 2. The fourth-order valence-corrected chi connectivity index (χ4v) is 6.71. The number of aryl methyl sites for hydroxylation is 3. The summed E-state index contributed by atoms with van der Waals surface area (Å²) < 4.78 is 26.3. The molecule has 0 radical (unpaired) electrons. The van der Waals surface area contributed by atoms with Crippen LogP contribution in [0.1, 0.15) is 33.6 Å². The van der Waals surface area contributed by atoms with Crippen molar-refractivity contribution in [3.8, 4) is 0 Å². The topological polar surface area (TPSA) is 106 Å². The van der Waals surface area contributed by atoms with Gasteiger partial charge in [0.2, 0.25) is 10.0 Å². The molecule has 0 spiro atoms. The third-order valence-electron chi connectivity index (χ3n) is 7.24. The second-order valence-corrected chi connectivity index (χ2v) is 11.7. The van der Waals surface area contributed by atoms with Gasteiger partial charge in [-0.3, -0.25) is 14.0 Å². The van der Waals surface area contributed by atoms with Gasteiger partial charge in [-0.1, -0.05) is 6.07 Å².